The predicted octanol–water partition coefficient (Wildman–Crippen LogP) is 2.08. The Morgan fingerprint density at radius 2 is 2.17 bits per heavy atom. The van der Waals surface area contributed by atoms with Crippen molar-refractivity contribution in [1.82, 2.24) is 4.90 Å². The number of nitrogens with zero attached hydrogens (tertiary/aromatic N) is 2. The first-order chi connectivity index (χ1) is 8.74. The Bertz CT molecular complexity index is 472. The van der Waals surface area contributed by atoms with Crippen molar-refractivity contribution < 1.29 is 4.74 Å². The summed E-state index contributed by atoms with van der Waals surface area (Å²) in [7, 11) is 0. The molecule has 0 aliphatic carbocycles. The molecule has 1 aromatic rings. The van der Waals surface area contributed by atoms with E-state index in [0.717, 1.165) is 25.7 Å². The largest absolute Gasteiger partial charge is 0.375 e. The van der Waals surface area contributed by atoms with E-state index in [1.54, 1.807) is 0 Å². The second kappa shape index (κ2) is 4.61. The van der Waals surface area contributed by atoms with E-state index < -0.39 is 0 Å². The predicted molar refractivity (Wildman–Crippen MR) is 72.8 cm³/mol. The fourth-order valence-corrected chi connectivity index (χ4v) is 2.46. The molecule has 0 radical (unpaired) electrons. The third kappa shape index (κ3) is 2.08. The van der Waals surface area contributed by atoms with E-state index >= 15 is 0 Å². The van der Waals surface area contributed by atoms with Gasteiger partial charge in [0.2, 0.25) is 0 Å². The minimum Gasteiger partial charge on any atom is -0.375 e. The van der Waals surface area contributed by atoms with Crippen LogP contribution < -0.4 is 5.32 Å². The molecule has 1 fully saturated rings. The van der Waals surface area contributed by atoms with Crippen molar-refractivity contribution in [2.75, 3.05) is 18.5 Å². The third-order valence-electron chi connectivity index (χ3n) is 3.54. The highest BCUT2D eigenvalue weighted by atomic mass is 16.5. The Morgan fingerprint density at radius 1 is 1.33 bits per heavy atom. The van der Waals surface area contributed by atoms with E-state index in [0.29, 0.717) is 6.04 Å². The van der Waals surface area contributed by atoms with E-state index in [9.17, 15) is 0 Å². The first kappa shape index (κ1) is 11.5. The fourth-order valence-electron chi connectivity index (χ4n) is 2.46. The number of nitrogens with one attached hydrogen (secondary N) is 1. The molecule has 2 heterocycles. The van der Waals surface area contributed by atoms with Crippen LogP contribution >= 0.6 is 0 Å². The smallest absolute Gasteiger partial charge is 0.199 e. The molecular weight excluding hydrogens is 226 g/mol. The first-order valence-corrected chi connectivity index (χ1v) is 6.51. The van der Waals surface area contributed by atoms with Crippen LogP contribution in [0.3, 0.4) is 0 Å². The van der Waals surface area contributed by atoms with Crippen molar-refractivity contribution in [3.05, 3.63) is 29.8 Å². The van der Waals surface area contributed by atoms with Crippen molar-refractivity contribution in [2.45, 2.75) is 32.5 Å². The van der Waals surface area contributed by atoms with Gasteiger partial charge < -0.3 is 15.0 Å². The Labute approximate surface area is 108 Å². The van der Waals surface area contributed by atoms with Crippen molar-refractivity contribution in [2.24, 2.45) is 4.99 Å². The van der Waals surface area contributed by atoms with Gasteiger partial charge in [-0.25, -0.2) is 4.99 Å². The van der Waals surface area contributed by atoms with Crippen molar-refractivity contribution >= 4 is 11.6 Å². The quantitative estimate of drug-likeness (QED) is 0.760. The number of para-hydroxylation sites is 1. The molecule has 1 N–H and O–H groups in total. The van der Waals surface area contributed by atoms with Gasteiger partial charge in [-0.1, -0.05) is 18.2 Å². The summed E-state index contributed by atoms with van der Waals surface area (Å²) in [4.78, 5) is 6.96. The molecular formula is C14H19N3O. The Morgan fingerprint density at radius 3 is 3.06 bits per heavy atom. The standard InChI is InChI=1S/C14H19N3O/c1-10-9-18-11(2)8-17(10)14-15-7-12-5-3-4-6-13(12)16-14/h3-6,10-11H,7-9H2,1-2H3,(H,15,16). The van der Waals surface area contributed by atoms with Crippen LogP contribution in [-0.4, -0.2) is 36.2 Å². The minimum absolute atomic E-state index is 0.267. The average molecular weight is 245 g/mol. The summed E-state index contributed by atoms with van der Waals surface area (Å²) in [6, 6.07) is 8.71. The van der Waals surface area contributed by atoms with Gasteiger partial charge in [0.05, 0.1) is 25.3 Å². The zero-order valence-corrected chi connectivity index (χ0v) is 10.9. The number of fused-ring (bicyclic) bond motifs is 1. The summed E-state index contributed by atoms with van der Waals surface area (Å²) in [6.07, 6.45) is 0.267. The Hall–Kier alpha value is -1.55. The number of ether oxygens (including phenoxy) is 1. The zero-order chi connectivity index (χ0) is 12.5. The third-order valence-corrected chi connectivity index (χ3v) is 3.54. The maximum absolute atomic E-state index is 5.66. The van der Waals surface area contributed by atoms with E-state index in [-0.39, 0.29) is 6.10 Å². The van der Waals surface area contributed by atoms with Crippen LogP contribution in [-0.2, 0) is 11.3 Å². The number of aliphatic imine (C=N–C) groups is 1. The van der Waals surface area contributed by atoms with E-state index in [2.05, 4.69) is 53.3 Å². The molecule has 2 aliphatic rings. The van der Waals surface area contributed by atoms with Crippen LogP contribution in [0.5, 0.6) is 0 Å². The summed E-state index contributed by atoms with van der Waals surface area (Å²) in [5.41, 5.74) is 2.43. The van der Waals surface area contributed by atoms with Crippen LogP contribution in [0.25, 0.3) is 0 Å². The molecule has 18 heavy (non-hydrogen) atoms. The maximum atomic E-state index is 5.66. The summed E-state index contributed by atoms with van der Waals surface area (Å²) in [5.74, 6) is 0.983. The highest BCUT2D eigenvalue weighted by Gasteiger charge is 2.27. The van der Waals surface area contributed by atoms with E-state index in [1.807, 2.05) is 0 Å². The lowest BCUT2D eigenvalue weighted by molar-refractivity contribution is -0.0224. The molecule has 4 nitrogen and oxygen atoms in total. The van der Waals surface area contributed by atoms with Crippen LogP contribution in [0.1, 0.15) is 19.4 Å². The number of hydrogen-bond acceptors (Lipinski definition) is 4. The molecule has 96 valence electrons. The summed E-state index contributed by atoms with van der Waals surface area (Å²) in [6.45, 7) is 6.71. The number of guanidine groups is 1. The summed E-state index contributed by atoms with van der Waals surface area (Å²) >= 11 is 0. The van der Waals surface area contributed by atoms with Gasteiger partial charge in [-0.3, -0.25) is 0 Å². The summed E-state index contributed by atoms with van der Waals surface area (Å²) in [5, 5.41) is 3.44. The fraction of sp³-hybridized carbons (Fsp3) is 0.500. The van der Waals surface area contributed by atoms with Crippen LogP contribution in [0.15, 0.2) is 29.3 Å². The van der Waals surface area contributed by atoms with E-state index in [4.69, 9.17) is 4.74 Å². The monoisotopic (exact) mass is 245 g/mol. The number of morpholine rings is 1. The molecule has 1 saturated heterocycles. The Balaban J connectivity index is 1.80. The molecule has 0 bridgehead atoms. The number of anilines is 1. The number of rotatable bonds is 0. The van der Waals surface area contributed by atoms with Gasteiger partial charge in [0, 0.05) is 12.2 Å². The van der Waals surface area contributed by atoms with Crippen LogP contribution in [0, 0.1) is 0 Å². The van der Waals surface area contributed by atoms with Gasteiger partial charge in [0.1, 0.15) is 0 Å². The second-order valence-corrected chi connectivity index (χ2v) is 5.07. The van der Waals surface area contributed by atoms with E-state index in [1.165, 1.54) is 11.3 Å². The molecule has 3 rings (SSSR count). The summed E-state index contributed by atoms with van der Waals surface area (Å²) < 4.78 is 5.66. The number of hydrogen-bond donors (Lipinski definition) is 1. The molecule has 0 saturated carbocycles. The van der Waals surface area contributed by atoms with Crippen LogP contribution in [0.2, 0.25) is 0 Å². The number of benzene rings is 1. The molecule has 0 amide bonds. The Kier molecular flexibility index (Phi) is 2.96. The van der Waals surface area contributed by atoms with Crippen LogP contribution in [0.4, 0.5) is 5.69 Å². The van der Waals surface area contributed by atoms with Gasteiger partial charge in [-0.15, -0.1) is 0 Å². The molecule has 2 atom stereocenters. The zero-order valence-electron chi connectivity index (χ0n) is 10.9. The molecule has 0 aromatic heterocycles. The highest BCUT2D eigenvalue weighted by molar-refractivity contribution is 5.96. The lowest BCUT2D eigenvalue weighted by Gasteiger charge is -2.39. The van der Waals surface area contributed by atoms with Crippen molar-refractivity contribution in [1.29, 1.82) is 0 Å². The normalized spacial score (nSPS) is 27.2. The molecule has 2 unspecified atom stereocenters. The molecule has 0 spiro atoms. The average Bonchev–Trinajstić information content (AvgIpc) is 2.41. The molecule has 1 aromatic carbocycles. The maximum Gasteiger partial charge on any atom is 0.199 e. The lowest BCUT2D eigenvalue weighted by Crippen LogP contribution is -2.52. The minimum atomic E-state index is 0.267. The van der Waals surface area contributed by atoms with Crippen molar-refractivity contribution in [3.63, 3.8) is 0 Å². The molecule has 4 heteroatoms. The highest BCUT2D eigenvalue weighted by Crippen LogP contribution is 2.22. The van der Waals surface area contributed by atoms with Gasteiger partial charge in [0.25, 0.3) is 0 Å². The second-order valence-electron chi connectivity index (χ2n) is 5.07. The SMILES string of the molecule is CC1CN(C2=NCc3ccccc3N2)C(C)CO1. The lowest BCUT2D eigenvalue weighted by atomic mass is 10.1. The topological polar surface area (TPSA) is 36.9 Å². The first-order valence-electron chi connectivity index (χ1n) is 6.51. The molecule has 2 aliphatic heterocycles. The van der Waals surface area contributed by atoms with Crippen molar-refractivity contribution in [3.8, 4) is 0 Å². The van der Waals surface area contributed by atoms with Gasteiger partial charge >= 0.3 is 0 Å². The van der Waals surface area contributed by atoms with Gasteiger partial charge in [-0.05, 0) is 25.5 Å². The van der Waals surface area contributed by atoms with Gasteiger partial charge in [-0.2, -0.15) is 0 Å². The van der Waals surface area contributed by atoms with Gasteiger partial charge in [0.15, 0.2) is 5.96 Å².